The van der Waals surface area contributed by atoms with Gasteiger partial charge in [-0.05, 0) is 0 Å². The van der Waals surface area contributed by atoms with Gasteiger partial charge in [0.25, 0.3) is 0 Å². The molecule has 0 fully saturated rings. The third-order valence-corrected chi connectivity index (χ3v) is 1.61. The number of aliphatic hydroxyl groups excluding tert-OH is 1. The quantitative estimate of drug-likeness (QED) is 0.402. The summed E-state index contributed by atoms with van der Waals surface area (Å²) in [6, 6.07) is -1.66. The lowest BCUT2D eigenvalue weighted by atomic mass is 10.2. The largest absolute Gasteiger partial charge is 0.480 e. The fourth-order valence-corrected chi connectivity index (χ4v) is 0.862. The van der Waals surface area contributed by atoms with Gasteiger partial charge in [-0.25, -0.2) is 9.59 Å². The molecule has 88 valence electrons. The third kappa shape index (κ3) is 6.69. The summed E-state index contributed by atoms with van der Waals surface area (Å²) in [5, 5.41) is 21.8. The topological polar surface area (TPSA) is 108 Å². The average molecular weight is 220 g/mol. The average Bonchev–Trinajstić information content (AvgIpc) is 2.17. The Kier molecular flexibility index (Phi) is 7.29. The van der Waals surface area contributed by atoms with Gasteiger partial charge in [0.2, 0.25) is 0 Å². The van der Waals surface area contributed by atoms with Gasteiger partial charge in [0.15, 0.2) is 0 Å². The number of amides is 2. The van der Waals surface area contributed by atoms with E-state index in [-0.39, 0.29) is 13.0 Å². The molecule has 7 nitrogen and oxygen atoms in total. The van der Waals surface area contributed by atoms with E-state index < -0.39 is 18.0 Å². The van der Waals surface area contributed by atoms with Gasteiger partial charge in [0.05, 0.1) is 6.61 Å². The molecule has 0 saturated heterocycles. The Morgan fingerprint density at radius 2 is 2.13 bits per heavy atom. The number of carboxylic acids is 1. The van der Waals surface area contributed by atoms with Crippen LogP contribution in [-0.2, 0) is 9.53 Å². The molecule has 1 atom stereocenters. The van der Waals surface area contributed by atoms with E-state index in [2.05, 4.69) is 10.6 Å². The minimum absolute atomic E-state index is 0.0208. The molecule has 0 radical (unpaired) electrons. The lowest BCUT2D eigenvalue weighted by Gasteiger charge is -2.13. The molecular weight excluding hydrogens is 204 g/mol. The SMILES string of the molecule is COCCNC(=O)NC(CCO)C(=O)O. The molecule has 0 bridgehead atoms. The van der Waals surface area contributed by atoms with Crippen LogP contribution in [0, 0.1) is 0 Å². The Morgan fingerprint density at radius 3 is 2.60 bits per heavy atom. The van der Waals surface area contributed by atoms with Crippen LogP contribution in [0.25, 0.3) is 0 Å². The minimum Gasteiger partial charge on any atom is -0.480 e. The van der Waals surface area contributed by atoms with E-state index in [9.17, 15) is 9.59 Å². The summed E-state index contributed by atoms with van der Waals surface area (Å²) in [5.41, 5.74) is 0. The maximum atomic E-state index is 11.1. The number of hydrogen-bond donors (Lipinski definition) is 4. The first-order chi connectivity index (χ1) is 7.11. The maximum Gasteiger partial charge on any atom is 0.326 e. The Morgan fingerprint density at radius 1 is 1.47 bits per heavy atom. The number of carbonyl (C=O) groups is 2. The van der Waals surface area contributed by atoms with Gasteiger partial charge in [-0.1, -0.05) is 0 Å². The van der Waals surface area contributed by atoms with Crippen LogP contribution in [0.4, 0.5) is 4.79 Å². The van der Waals surface area contributed by atoms with Gasteiger partial charge in [0, 0.05) is 26.7 Å². The molecule has 4 N–H and O–H groups in total. The fourth-order valence-electron chi connectivity index (χ4n) is 0.862. The number of methoxy groups -OCH3 is 1. The van der Waals surface area contributed by atoms with Crippen molar-refractivity contribution in [3.05, 3.63) is 0 Å². The smallest absolute Gasteiger partial charge is 0.326 e. The van der Waals surface area contributed by atoms with Gasteiger partial charge < -0.3 is 25.6 Å². The van der Waals surface area contributed by atoms with Crippen LogP contribution in [0.1, 0.15) is 6.42 Å². The summed E-state index contributed by atoms with van der Waals surface area (Å²) in [6.07, 6.45) is -0.0208. The molecule has 0 aromatic rings. The molecule has 0 spiro atoms. The Labute approximate surface area is 87.4 Å². The highest BCUT2D eigenvalue weighted by atomic mass is 16.5. The van der Waals surface area contributed by atoms with Gasteiger partial charge in [-0.15, -0.1) is 0 Å². The van der Waals surface area contributed by atoms with Crippen LogP contribution >= 0.6 is 0 Å². The minimum atomic E-state index is -1.18. The highest BCUT2D eigenvalue weighted by Gasteiger charge is 2.18. The zero-order chi connectivity index (χ0) is 11.7. The lowest BCUT2D eigenvalue weighted by molar-refractivity contribution is -0.139. The summed E-state index contributed by atoms with van der Waals surface area (Å²) in [5.74, 6) is -1.18. The molecule has 1 unspecified atom stereocenters. The zero-order valence-corrected chi connectivity index (χ0v) is 8.52. The van der Waals surface area contributed by atoms with Crippen molar-refractivity contribution in [2.45, 2.75) is 12.5 Å². The number of hydrogen-bond acceptors (Lipinski definition) is 4. The summed E-state index contributed by atoms with van der Waals surface area (Å²) in [4.78, 5) is 21.7. The van der Waals surface area contributed by atoms with E-state index in [4.69, 9.17) is 14.9 Å². The van der Waals surface area contributed by atoms with E-state index in [0.717, 1.165) is 0 Å². The second-order valence-electron chi connectivity index (χ2n) is 2.80. The zero-order valence-electron chi connectivity index (χ0n) is 8.52. The van der Waals surface area contributed by atoms with Crippen molar-refractivity contribution < 1.29 is 24.5 Å². The number of urea groups is 1. The van der Waals surface area contributed by atoms with Crippen molar-refractivity contribution in [1.82, 2.24) is 10.6 Å². The van der Waals surface area contributed by atoms with Crippen LogP contribution in [0.15, 0.2) is 0 Å². The second kappa shape index (κ2) is 8.01. The third-order valence-electron chi connectivity index (χ3n) is 1.61. The monoisotopic (exact) mass is 220 g/mol. The Hall–Kier alpha value is -1.34. The molecule has 2 amide bonds. The normalized spacial score (nSPS) is 11.9. The number of aliphatic hydroxyl groups is 1. The summed E-state index contributed by atoms with van der Waals surface area (Å²) < 4.78 is 4.69. The van der Waals surface area contributed by atoms with Crippen molar-refractivity contribution in [1.29, 1.82) is 0 Å². The van der Waals surface area contributed by atoms with Crippen LogP contribution in [0.5, 0.6) is 0 Å². The highest BCUT2D eigenvalue weighted by molar-refractivity contribution is 5.82. The molecule has 0 aromatic heterocycles. The summed E-state index contributed by atoms with van der Waals surface area (Å²) in [7, 11) is 1.49. The summed E-state index contributed by atoms with van der Waals surface area (Å²) >= 11 is 0. The van der Waals surface area contributed by atoms with Crippen molar-refractivity contribution in [3.8, 4) is 0 Å². The first kappa shape index (κ1) is 13.7. The molecule has 0 aliphatic heterocycles. The van der Waals surface area contributed by atoms with Crippen LogP contribution in [0.2, 0.25) is 0 Å². The molecular formula is C8H16N2O5. The number of aliphatic carboxylic acids is 1. The van der Waals surface area contributed by atoms with E-state index >= 15 is 0 Å². The first-order valence-electron chi connectivity index (χ1n) is 4.48. The molecule has 7 heteroatoms. The van der Waals surface area contributed by atoms with Gasteiger partial charge >= 0.3 is 12.0 Å². The summed E-state index contributed by atoms with van der Waals surface area (Å²) in [6.45, 7) is 0.355. The molecule has 15 heavy (non-hydrogen) atoms. The van der Waals surface area contributed by atoms with Crippen LogP contribution in [0.3, 0.4) is 0 Å². The van der Waals surface area contributed by atoms with E-state index in [1.54, 1.807) is 0 Å². The maximum absolute atomic E-state index is 11.1. The second-order valence-corrected chi connectivity index (χ2v) is 2.80. The number of ether oxygens (including phenoxy) is 1. The molecule has 0 aromatic carbocycles. The molecule has 0 rings (SSSR count). The van der Waals surface area contributed by atoms with Crippen molar-refractivity contribution in [2.75, 3.05) is 26.9 Å². The van der Waals surface area contributed by atoms with Gasteiger partial charge in [-0.2, -0.15) is 0 Å². The predicted octanol–water partition coefficient (Wildman–Crippen LogP) is -1.23. The Bertz CT molecular complexity index is 209. The molecule has 0 saturated carbocycles. The van der Waals surface area contributed by atoms with Crippen LogP contribution in [-0.4, -0.2) is 55.1 Å². The van der Waals surface area contributed by atoms with E-state index in [1.165, 1.54) is 7.11 Å². The van der Waals surface area contributed by atoms with E-state index in [0.29, 0.717) is 13.2 Å². The predicted molar refractivity (Wildman–Crippen MR) is 51.5 cm³/mol. The number of carbonyl (C=O) groups excluding carboxylic acids is 1. The van der Waals surface area contributed by atoms with Crippen LogP contribution < -0.4 is 10.6 Å². The lowest BCUT2D eigenvalue weighted by Crippen LogP contribution is -2.47. The standard InChI is InChI=1S/C8H16N2O5/c1-15-5-3-9-8(14)10-6(2-4-11)7(12)13/h6,11H,2-5H2,1H3,(H,12,13)(H2,9,10,14). The van der Waals surface area contributed by atoms with Crippen molar-refractivity contribution in [2.24, 2.45) is 0 Å². The molecule has 0 aliphatic rings. The highest BCUT2D eigenvalue weighted by Crippen LogP contribution is 1.90. The van der Waals surface area contributed by atoms with Gasteiger partial charge in [-0.3, -0.25) is 0 Å². The first-order valence-corrected chi connectivity index (χ1v) is 4.48. The van der Waals surface area contributed by atoms with E-state index in [1.807, 2.05) is 0 Å². The molecule has 0 heterocycles. The fraction of sp³-hybridized carbons (Fsp3) is 0.750. The van der Waals surface area contributed by atoms with Crippen molar-refractivity contribution >= 4 is 12.0 Å². The number of nitrogens with one attached hydrogen (secondary N) is 2. The van der Waals surface area contributed by atoms with Crippen molar-refractivity contribution in [3.63, 3.8) is 0 Å². The number of carboxylic acid groups (broad SMARTS) is 1. The van der Waals surface area contributed by atoms with Gasteiger partial charge in [0.1, 0.15) is 6.04 Å². The Balaban J connectivity index is 3.84. The molecule has 0 aliphatic carbocycles. The number of rotatable bonds is 7.